The zero-order chi connectivity index (χ0) is 22.2. The van der Waals surface area contributed by atoms with Gasteiger partial charge in [-0.05, 0) is 43.0 Å². The van der Waals surface area contributed by atoms with E-state index in [1.54, 1.807) is 6.07 Å². The average Bonchev–Trinajstić information content (AvgIpc) is 3.25. The van der Waals surface area contributed by atoms with Crippen molar-refractivity contribution in [3.63, 3.8) is 0 Å². The fourth-order valence-corrected chi connectivity index (χ4v) is 4.95. The Bertz CT molecular complexity index is 1060. The Morgan fingerprint density at radius 1 is 1.00 bits per heavy atom. The SMILES string of the molecule is O=C(CSc1ccccc1C(=O)NCCc1nnc2ccccn12)NCC1CCCCC1. The molecule has 4 rings (SSSR count). The van der Waals surface area contributed by atoms with Crippen molar-refractivity contribution < 1.29 is 9.59 Å². The van der Waals surface area contributed by atoms with Crippen molar-refractivity contribution in [3.8, 4) is 0 Å². The minimum absolute atomic E-state index is 0.0227. The highest BCUT2D eigenvalue weighted by molar-refractivity contribution is 8.00. The molecular weight excluding hydrogens is 422 g/mol. The molecule has 0 spiro atoms. The van der Waals surface area contributed by atoms with E-state index in [0.717, 1.165) is 22.9 Å². The summed E-state index contributed by atoms with van der Waals surface area (Å²) in [6, 6.07) is 13.2. The lowest BCUT2D eigenvalue weighted by Gasteiger charge is -2.21. The van der Waals surface area contributed by atoms with Crippen LogP contribution in [-0.4, -0.2) is 45.3 Å². The van der Waals surface area contributed by atoms with Crippen molar-refractivity contribution in [3.05, 3.63) is 60.0 Å². The van der Waals surface area contributed by atoms with Gasteiger partial charge in [-0.3, -0.25) is 14.0 Å². The largest absolute Gasteiger partial charge is 0.355 e. The van der Waals surface area contributed by atoms with E-state index in [2.05, 4.69) is 20.8 Å². The second kappa shape index (κ2) is 11.1. The summed E-state index contributed by atoms with van der Waals surface area (Å²) in [7, 11) is 0. The Balaban J connectivity index is 1.26. The number of hydrogen-bond acceptors (Lipinski definition) is 5. The van der Waals surface area contributed by atoms with Gasteiger partial charge in [-0.15, -0.1) is 22.0 Å². The number of nitrogens with one attached hydrogen (secondary N) is 2. The predicted octanol–water partition coefficient (Wildman–Crippen LogP) is 3.49. The lowest BCUT2D eigenvalue weighted by atomic mass is 9.89. The normalized spacial score (nSPS) is 14.4. The van der Waals surface area contributed by atoms with Crippen LogP contribution in [0.15, 0.2) is 53.6 Å². The van der Waals surface area contributed by atoms with Gasteiger partial charge in [-0.25, -0.2) is 0 Å². The van der Waals surface area contributed by atoms with Crippen LogP contribution in [-0.2, 0) is 11.2 Å². The first kappa shape index (κ1) is 22.3. The summed E-state index contributed by atoms with van der Waals surface area (Å²) in [6.07, 6.45) is 8.76. The van der Waals surface area contributed by atoms with Gasteiger partial charge in [0.1, 0.15) is 5.82 Å². The van der Waals surface area contributed by atoms with Gasteiger partial charge in [0.15, 0.2) is 5.65 Å². The van der Waals surface area contributed by atoms with Crippen molar-refractivity contribution in [2.75, 3.05) is 18.8 Å². The predicted molar refractivity (Wildman–Crippen MR) is 126 cm³/mol. The van der Waals surface area contributed by atoms with Crippen LogP contribution in [0.4, 0.5) is 0 Å². The monoisotopic (exact) mass is 451 g/mol. The number of carbonyl (C=O) groups excluding carboxylic acids is 2. The first-order valence-electron chi connectivity index (χ1n) is 11.3. The highest BCUT2D eigenvalue weighted by Crippen LogP contribution is 2.24. The molecule has 0 aliphatic heterocycles. The summed E-state index contributed by atoms with van der Waals surface area (Å²) in [5.41, 5.74) is 1.38. The lowest BCUT2D eigenvalue weighted by Crippen LogP contribution is -2.31. The second-order valence-corrected chi connectivity index (χ2v) is 9.16. The van der Waals surface area contributed by atoms with Gasteiger partial charge in [0.25, 0.3) is 5.91 Å². The molecule has 0 atom stereocenters. The molecule has 1 fully saturated rings. The smallest absolute Gasteiger partial charge is 0.252 e. The van der Waals surface area contributed by atoms with Crippen molar-refractivity contribution >= 4 is 29.2 Å². The minimum atomic E-state index is -0.149. The van der Waals surface area contributed by atoms with Crippen LogP contribution < -0.4 is 10.6 Å². The highest BCUT2D eigenvalue weighted by atomic mass is 32.2. The van der Waals surface area contributed by atoms with Gasteiger partial charge >= 0.3 is 0 Å². The maximum absolute atomic E-state index is 12.8. The van der Waals surface area contributed by atoms with E-state index in [0.29, 0.717) is 30.2 Å². The van der Waals surface area contributed by atoms with Crippen molar-refractivity contribution in [1.82, 2.24) is 25.2 Å². The first-order valence-corrected chi connectivity index (χ1v) is 12.2. The summed E-state index contributed by atoms with van der Waals surface area (Å²) < 4.78 is 1.92. The molecule has 2 amide bonds. The molecule has 2 heterocycles. The van der Waals surface area contributed by atoms with Crippen LogP contribution in [0.25, 0.3) is 5.65 Å². The Kier molecular flexibility index (Phi) is 7.77. The maximum Gasteiger partial charge on any atom is 0.252 e. The number of hydrogen-bond donors (Lipinski definition) is 2. The Morgan fingerprint density at radius 3 is 2.69 bits per heavy atom. The van der Waals surface area contributed by atoms with E-state index < -0.39 is 0 Å². The van der Waals surface area contributed by atoms with Gasteiger partial charge < -0.3 is 10.6 Å². The number of pyridine rings is 1. The highest BCUT2D eigenvalue weighted by Gasteiger charge is 2.16. The van der Waals surface area contributed by atoms with E-state index in [4.69, 9.17) is 0 Å². The molecule has 7 nitrogen and oxygen atoms in total. The fraction of sp³-hybridized carbons (Fsp3) is 0.417. The number of carbonyl (C=O) groups is 2. The van der Waals surface area contributed by atoms with E-state index in [1.165, 1.54) is 43.9 Å². The van der Waals surface area contributed by atoms with Crippen LogP contribution in [0.5, 0.6) is 0 Å². The van der Waals surface area contributed by atoms with E-state index in [1.807, 2.05) is 47.0 Å². The third-order valence-electron chi connectivity index (χ3n) is 5.82. The molecule has 2 aromatic heterocycles. The molecule has 0 bridgehead atoms. The summed E-state index contributed by atoms with van der Waals surface area (Å²) in [6.45, 7) is 1.22. The van der Waals surface area contributed by atoms with Crippen LogP contribution in [0.3, 0.4) is 0 Å². The molecular formula is C24H29N5O2S. The van der Waals surface area contributed by atoms with Crippen molar-refractivity contribution in [2.45, 2.75) is 43.4 Å². The Morgan fingerprint density at radius 2 is 1.81 bits per heavy atom. The summed E-state index contributed by atoms with van der Waals surface area (Å²) >= 11 is 1.40. The van der Waals surface area contributed by atoms with E-state index >= 15 is 0 Å². The second-order valence-electron chi connectivity index (χ2n) is 8.14. The number of nitrogens with zero attached hydrogens (tertiary/aromatic N) is 3. The zero-order valence-electron chi connectivity index (χ0n) is 18.1. The molecule has 1 aliphatic rings. The number of rotatable bonds is 9. The van der Waals surface area contributed by atoms with Crippen LogP contribution in [0.1, 0.15) is 48.3 Å². The van der Waals surface area contributed by atoms with Gasteiger partial charge in [0.05, 0.1) is 11.3 Å². The summed E-state index contributed by atoms with van der Waals surface area (Å²) in [5.74, 6) is 1.60. The first-order chi connectivity index (χ1) is 15.7. The summed E-state index contributed by atoms with van der Waals surface area (Å²) in [5, 5.41) is 14.4. The van der Waals surface area contributed by atoms with Crippen LogP contribution >= 0.6 is 11.8 Å². The van der Waals surface area contributed by atoms with Crippen molar-refractivity contribution in [1.29, 1.82) is 0 Å². The molecule has 3 aromatic rings. The number of amides is 2. The molecule has 0 radical (unpaired) electrons. The summed E-state index contributed by atoms with van der Waals surface area (Å²) in [4.78, 5) is 25.9. The molecule has 168 valence electrons. The number of benzene rings is 1. The van der Waals surface area contributed by atoms with E-state index in [-0.39, 0.29) is 11.8 Å². The Labute approximate surface area is 192 Å². The van der Waals surface area contributed by atoms with Gasteiger partial charge in [-0.2, -0.15) is 0 Å². The third kappa shape index (κ3) is 5.88. The average molecular weight is 452 g/mol. The van der Waals surface area contributed by atoms with Crippen LogP contribution in [0.2, 0.25) is 0 Å². The molecule has 1 saturated carbocycles. The van der Waals surface area contributed by atoms with Gasteiger partial charge in [0.2, 0.25) is 5.91 Å². The molecule has 8 heteroatoms. The third-order valence-corrected chi connectivity index (χ3v) is 6.90. The zero-order valence-corrected chi connectivity index (χ0v) is 18.9. The molecule has 0 saturated heterocycles. The molecule has 2 N–H and O–H groups in total. The van der Waals surface area contributed by atoms with Gasteiger partial charge in [-0.1, -0.05) is 37.5 Å². The Hall–Kier alpha value is -2.87. The standard InChI is InChI=1S/C24H29N5O2S/c30-23(26-16-18-8-2-1-3-9-18)17-32-20-11-5-4-10-19(20)24(31)25-14-13-22-28-27-21-12-6-7-15-29(21)22/h4-7,10-12,15,18H,1-3,8-9,13-14,16-17H2,(H,25,31)(H,26,30). The van der Waals surface area contributed by atoms with Gasteiger partial charge in [0, 0.05) is 30.6 Å². The minimum Gasteiger partial charge on any atom is -0.355 e. The topological polar surface area (TPSA) is 88.4 Å². The fourth-order valence-electron chi connectivity index (χ4n) is 4.07. The molecule has 1 aliphatic carbocycles. The quantitative estimate of drug-likeness (QED) is 0.486. The van der Waals surface area contributed by atoms with Crippen LogP contribution in [0, 0.1) is 5.92 Å². The van der Waals surface area contributed by atoms with Crippen molar-refractivity contribution in [2.24, 2.45) is 5.92 Å². The van der Waals surface area contributed by atoms with E-state index in [9.17, 15) is 9.59 Å². The lowest BCUT2D eigenvalue weighted by molar-refractivity contribution is -0.118. The number of aromatic nitrogens is 3. The molecule has 0 unspecified atom stereocenters. The molecule has 32 heavy (non-hydrogen) atoms. The maximum atomic E-state index is 12.8. The molecule has 1 aromatic carbocycles. The number of fused-ring (bicyclic) bond motifs is 1. The number of thioether (sulfide) groups is 1.